The topological polar surface area (TPSA) is 85.3 Å². The van der Waals surface area contributed by atoms with Crippen molar-refractivity contribution in [3.05, 3.63) is 56.7 Å². The van der Waals surface area contributed by atoms with Crippen LogP contribution >= 0.6 is 0 Å². The monoisotopic (exact) mass is 397 g/mol. The number of aromatic nitrogens is 4. The first-order valence-corrected chi connectivity index (χ1v) is 10.0. The molecule has 0 spiro atoms. The first-order chi connectivity index (χ1) is 13.9. The lowest BCUT2D eigenvalue weighted by molar-refractivity contribution is 0.158. The predicted octanol–water partition coefficient (Wildman–Crippen LogP) is 1.40. The molecule has 1 unspecified atom stereocenters. The number of aliphatic hydroxyl groups excluding tert-OH is 1. The van der Waals surface area contributed by atoms with E-state index in [1.807, 2.05) is 30.3 Å². The van der Waals surface area contributed by atoms with Crippen molar-refractivity contribution < 1.29 is 5.11 Å². The zero-order chi connectivity index (χ0) is 20.7. The highest BCUT2D eigenvalue weighted by atomic mass is 16.3. The predicted molar refractivity (Wildman–Crippen MR) is 112 cm³/mol. The summed E-state index contributed by atoms with van der Waals surface area (Å²) in [5.41, 5.74) is 0.668. The number of aryl methyl sites for hydroxylation is 1. The Balaban J connectivity index is 1.88. The van der Waals surface area contributed by atoms with Crippen LogP contribution in [0.2, 0.25) is 0 Å². The fraction of sp³-hybridized carbons (Fsp3) is 0.476. The van der Waals surface area contributed by atoms with Gasteiger partial charge in [-0.1, -0.05) is 37.3 Å². The van der Waals surface area contributed by atoms with Gasteiger partial charge in [-0.25, -0.2) is 4.79 Å². The van der Waals surface area contributed by atoms with Crippen LogP contribution in [0, 0.1) is 5.92 Å². The largest absolute Gasteiger partial charge is 0.387 e. The molecule has 2 aromatic heterocycles. The van der Waals surface area contributed by atoms with Gasteiger partial charge in [0, 0.05) is 27.2 Å². The van der Waals surface area contributed by atoms with Crippen molar-refractivity contribution in [2.24, 2.45) is 20.0 Å². The van der Waals surface area contributed by atoms with Crippen molar-refractivity contribution in [3.8, 4) is 0 Å². The molecular weight excluding hydrogens is 370 g/mol. The maximum Gasteiger partial charge on any atom is 0.332 e. The molecule has 29 heavy (non-hydrogen) atoms. The van der Waals surface area contributed by atoms with Gasteiger partial charge in [0.15, 0.2) is 11.2 Å². The molecule has 0 aliphatic carbocycles. The van der Waals surface area contributed by atoms with E-state index in [0.29, 0.717) is 23.0 Å². The van der Waals surface area contributed by atoms with E-state index in [1.54, 1.807) is 11.6 Å². The summed E-state index contributed by atoms with van der Waals surface area (Å²) in [7, 11) is 3.09. The summed E-state index contributed by atoms with van der Waals surface area (Å²) < 4.78 is 4.28. The van der Waals surface area contributed by atoms with E-state index >= 15 is 0 Å². The van der Waals surface area contributed by atoms with E-state index in [-0.39, 0.29) is 6.54 Å². The molecule has 1 saturated heterocycles. The van der Waals surface area contributed by atoms with Gasteiger partial charge in [0.05, 0.1) is 12.6 Å². The Labute approximate surface area is 168 Å². The molecule has 1 aromatic carbocycles. The number of fused-ring (bicyclic) bond motifs is 1. The van der Waals surface area contributed by atoms with Crippen LogP contribution < -0.4 is 16.1 Å². The fourth-order valence-electron chi connectivity index (χ4n) is 4.01. The second-order valence-corrected chi connectivity index (χ2v) is 8.00. The van der Waals surface area contributed by atoms with Crippen LogP contribution in [-0.2, 0) is 20.6 Å². The van der Waals surface area contributed by atoms with E-state index in [2.05, 4.69) is 11.8 Å². The van der Waals surface area contributed by atoms with Gasteiger partial charge in [0.1, 0.15) is 0 Å². The second-order valence-electron chi connectivity index (χ2n) is 8.00. The number of piperidine rings is 1. The first kappa shape index (κ1) is 19.4. The highest BCUT2D eigenvalue weighted by molar-refractivity contribution is 5.74. The standard InChI is InChI=1S/C21H27N5O3/c1-14-9-11-25(12-10-14)20-22-18-17(19(28)24(3)21(29)23(18)2)26(20)13-16(27)15-7-5-4-6-8-15/h4-8,14,16,27H,9-13H2,1-3H3. The summed E-state index contributed by atoms with van der Waals surface area (Å²) in [5, 5.41) is 10.9. The minimum Gasteiger partial charge on any atom is -0.387 e. The maximum atomic E-state index is 13.0. The number of benzene rings is 1. The third-order valence-electron chi connectivity index (χ3n) is 5.93. The van der Waals surface area contributed by atoms with E-state index in [9.17, 15) is 14.7 Å². The number of imidazole rings is 1. The Morgan fingerprint density at radius 1 is 1.10 bits per heavy atom. The number of anilines is 1. The van der Waals surface area contributed by atoms with Gasteiger partial charge in [-0.3, -0.25) is 13.9 Å². The lowest BCUT2D eigenvalue weighted by Crippen LogP contribution is -2.38. The third kappa shape index (κ3) is 3.37. The minimum atomic E-state index is -0.794. The molecule has 1 N–H and O–H groups in total. The molecule has 1 aliphatic heterocycles. The summed E-state index contributed by atoms with van der Waals surface area (Å²) in [4.78, 5) is 32.2. The van der Waals surface area contributed by atoms with Crippen molar-refractivity contribution in [1.29, 1.82) is 0 Å². The van der Waals surface area contributed by atoms with Gasteiger partial charge in [-0.05, 0) is 24.3 Å². The Bertz CT molecular complexity index is 1140. The molecule has 3 heterocycles. The second kappa shape index (κ2) is 7.51. The lowest BCUT2D eigenvalue weighted by atomic mass is 10.00. The molecule has 8 nitrogen and oxygen atoms in total. The van der Waals surface area contributed by atoms with Crippen LogP contribution in [-0.4, -0.2) is 36.9 Å². The number of nitrogens with zero attached hydrogens (tertiary/aromatic N) is 5. The van der Waals surface area contributed by atoms with E-state index in [0.717, 1.165) is 36.1 Å². The molecule has 4 rings (SSSR count). The molecule has 154 valence electrons. The van der Waals surface area contributed by atoms with E-state index in [1.165, 1.54) is 11.6 Å². The summed E-state index contributed by atoms with van der Waals surface area (Å²) in [6, 6.07) is 9.37. The number of aliphatic hydroxyl groups is 1. The number of rotatable bonds is 4. The highest BCUT2D eigenvalue weighted by Gasteiger charge is 2.26. The van der Waals surface area contributed by atoms with Gasteiger partial charge in [0.25, 0.3) is 5.56 Å². The summed E-state index contributed by atoms with van der Waals surface area (Å²) in [6.07, 6.45) is 1.29. The van der Waals surface area contributed by atoms with Crippen LogP contribution in [0.5, 0.6) is 0 Å². The van der Waals surface area contributed by atoms with Crippen LogP contribution in [0.15, 0.2) is 39.9 Å². The Kier molecular flexibility index (Phi) is 5.04. The van der Waals surface area contributed by atoms with Gasteiger partial charge in [-0.15, -0.1) is 0 Å². The molecule has 0 bridgehead atoms. The fourth-order valence-corrected chi connectivity index (χ4v) is 4.01. The van der Waals surface area contributed by atoms with Crippen molar-refractivity contribution in [2.75, 3.05) is 18.0 Å². The van der Waals surface area contributed by atoms with Gasteiger partial charge in [0.2, 0.25) is 5.95 Å². The third-order valence-corrected chi connectivity index (χ3v) is 5.93. The van der Waals surface area contributed by atoms with Crippen molar-refractivity contribution in [3.63, 3.8) is 0 Å². The molecule has 0 amide bonds. The zero-order valence-corrected chi connectivity index (χ0v) is 17.1. The van der Waals surface area contributed by atoms with Gasteiger partial charge < -0.3 is 14.6 Å². The number of hydrogen-bond acceptors (Lipinski definition) is 5. The van der Waals surface area contributed by atoms with Crippen LogP contribution in [0.4, 0.5) is 5.95 Å². The van der Waals surface area contributed by atoms with Gasteiger partial charge in [-0.2, -0.15) is 4.98 Å². The SMILES string of the molecule is CC1CCN(c2nc3c(c(=O)n(C)c(=O)n3C)n2CC(O)c2ccccc2)CC1. The Morgan fingerprint density at radius 3 is 2.41 bits per heavy atom. The Hall–Kier alpha value is -2.87. The molecular formula is C21H27N5O3. The highest BCUT2D eigenvalue weighted by Crippen LogP contribution is 2.27. The summed E-state index contributed by atoms with van der Waals surface area (Å²) >= 11 is 0. The minimum absolute atomic E-state index is 0.190. The van der Waals surface area contributed by atoms with Crippen molar-refractivity contribution in [2.45, 2.75) is 32.4 Å². The molecule has 3 aromatic rings. The molecule has 1 atom stereocenters. The Morgan fingerprint density at radius 2 is 1.76 bits per heavy atom. The normalized spacial score (nSPS) is 16.5. The summed E-state index contributed by atoms with van der Waals surface area (Å²) in [6.45, 7) is 4.09. The molecule has 1 aliphatic rings. The smallest absolute Gasteiger partial charge is 0.332 e. The van der Waals surface area contributed by atoms with Crippen LogP contribution in [0.1, 0.15) is 31.4 Å². The van der Waals surface area contributed by atoms with E-state index < -0.39 is 17.4 Å². The van der Waals surface area contributed by atoms with Crippen molar-refractivity contribution in [1.82, 2.24) is 18.7 Å². The van der Waals surface area contributed by atoms with Crippen LogP contribution in [0.25, 0.3) is 11.2 Å². The van der Waals surface area contributed by atoms with Crippen molar-refractivity contribution >= 4 is 17.1 Å². The molecule has 1 fully saturated rings. The first-order valence-electron chi connectivity index (χ1n) is 10.0. The van der Waals surface area contributed by atoms with E-state index in [4.69, 9.17) is 4.98 Å². The quantitative estimate of drug-likeness (QED) is 0.719. The average molecular weight is 397 g/mol. The van der Waals surface area contributed by atoms with Crippen LogP contribution in [0.3, 0.4) is 0 Å². The summed E-state index contributed by atoms with van der Waals surface area (Å²) in [5.74, 6) is 1.29. The van der Waals surface area contributed by atoms with Gasteiger partial charge >= 0.3 is 5.69 Å². The molecule has 8 heteroatoms. The molecule has 0 saturated carbocycles. The average Bonchev–Trinajstić information content (AvgIpc) is 3.11. The zero-order valence-electron chi connectivity index (χ0n) is 17.1. The lowest BCUT2D eigenvalue weighted by Gasteiger charge is -2.31. The number of hydrogen-bond donors (Lipinski definition) is 1. The molecule has 0 radical (unpaired) electrons. The maximum absolute atomic E-state index is 13.0.